The minimum Gasteiger partial charge on any atom is -0.458 e. The number of esters is 1. The van der Waals surface area contributed by atoms with Gasteiger partial charge in [-0.05, 0) is 25.2 Å². The van der Waals surface area contributed by atoms with Crippen LogP contribution in [0.1, 0.15) is 19.3 Å². The van der Waals surface area contributed by atoms with Crippen molar-refractivity contribution in [1.82, 2.24) is 0 Å². The van der Waals surface area contributed by atoms with Crippen LogP contribution in [0.2, 0.25) is 0 Å². The molecule has 2 aliphatic carbocycles. The fraction of sp³-hybridized carbons (Fsp3) is 0.467. The average molecular weight is 245 g/mol. The second-order valence-electron chi connectivity index (χ2n) is 5.13. The summed E-state index contributed by atoms with van der Waals surface area (Å²) in [5.74, 6) is -0.0625. The van der Waals surface area contributed by atoms with Crippen molar-refractivity contribution >= 4 is 12.2 Å². The number of rotatable bonds is 5. The van der Waals surface area contributed by atoms with Gasteiger partial charge in [0.2, 0.25) is 0 Å². The fourth-order valence-electron chi connectivity index (χ4n) is 3.90. The molecule has 3 heteroatoms. The Bertz CT molecular complexity index is 418. The molecule has 3 atom stereocenters. The Morgan fingerprint density at radius 2 is 2.00 bits per heavy atom. The van der Waals surface area contributed by atoms with Gasteiger partial charge in [-0.15, -0.1) is 13.2 Å². The largest absolute Gasteiger partial charge is 0.458 e. The lowest BCUT2D eigenvalue weighted by molar-refractivity contribution is -0.147. The number of hydrogen-bond acceptors (Lipinski definition) is 3. The zero-order valence-corrected chi connectivity index (χ0v) is 10.5. The topological polar surface area (TPSA) is 50.2 Å². The van der Waals surface area contributed by atoms with Crippen LogP contribution in [0.4, 0.5) is 0 Å². The molecule has 18 heavy (non-hydrogen) atoms. The number of allylic oxidation sites excluding steroid dienone is 2. The smallest absolute Gasteiger partial charge is 0.330 e. The molecule has 0 radical (unpaired) electrons. The van der Waals surface area contributed by atoms with E-state index in [-0.39, 0.29) is 11.5 Å². The summed E-state index contributed by atoms with van der Waals surface area (Å²) in [4.78, 5) is 11.4. The third-order valence-corrected chi connectivity index (χ3v) is 4.82. The predicted molar refractivity (Wildman–Crippen MR) is 71.5 cm³/mol. The Hall–Kier alpha value is -1.64. The van der Waals surface area contributed by atoms with Crippen molar-refractivity contribution in [2.45, 2.75) is 25.4 Å². The number of nitrogens with one attached hydrogen (secondary N) is 1. The lowest BCUT2D eigenvalue weighted by Gasteiger charge is -2.39. The van der Waals surface area contributed by atoms with Gasteiger partial charge in [-0.2, -0.15) is 0 Å². The molecule has 96 valence electrons. The third-order valence-electron chi connectivity index (χ3n) is 4.82. The molecule has 1 N–H and O–H groups in total. The van der Waals surface area contributed by atoms with E-state index >= 15 is 0 Å². The van der Waals surface area contributed by atoms with Crippen LogP contribution in [0.5, 0.6) is 0 Å². The monoisotopic (exact) mass is 245 g/mol. The molecule has 0 spiro atoms. The molecule has 0 aromatic carbocycles. The van der Waals surface area contributed by atoms with Crippen LogP contribution in [-0.2, 0) is 9.53 Å². The van der Waals surface area contributed by atoms with Gasteiger partial charge in [0.1, 0.15) is 6.10 Å². The van der Waals surface area contributed by atoms with Gasteiger partial charge in [-0.3, -0.25) is 0 Å². The van der Waals surface area contributed by atoms with E-state index in [1.54, 1.807) is 0 Å². The zero-order chi connectivity index (χ0) is 13.4. The van der Waals surface area contributed by atoms with Crippen molar-refractivity contribution in [3.63, 3.8) is 0 Å². The molecule has 2 bridgehead atoms. The first-order valence-electron chi connectivity index (χ1n) is 6.22. The summed E-state index contributed by atoms with van der Waals surface area (Å²) in [7, 11) is 0. The minimum absolute atomic E-state index is 0.268. The summed E-state index contributed by atoms with van der Waals surface area (Å²) in [6.07, 6.45) is 8.73. The Balaban J connectivity index is 2.41. The van der Waals surface area contributed by atoms with Gasteiger partial charge in [0, 0.05) is 17.7 Å². The average Bonchev–Trinajstić information content (AvgIpc) is 2.85. The lowest BCUT2D eigenvalue weighted by atomic mass is 9.66. The van der Waals surface area contributed by atoms with E-state index in [0.29, 0.717) is 5.92 Å². The molecular formula is C15H19NO2. The molecule has 0 aromatic heterocycles. The van der Waals surface area contributed by atoms with Crippen molar-refractivity contribution in [2.24, 2.45) is 16.7 Å². The van der Waals surface area contributed by atoms with E-state index in [2.05, 4.69) is 19.7 Å². The first-order chi connectivity index (χ1) is 8.60. The van der Waals surface area contributed by atoms with Crippen molar-refractivity contribution < 1.29 is 9.53 Å². The van der Waals surface area contributed by atoms with Crippen molar-refractivity contribution in [2.75, 3.05) is 0 Å². The van der Waals surface area contributed by atoms with Crippen LogP contribution in [-0.4, -0.2) is 18.3 Å². The summed E-state index contributed by atoms with van der Waals surface area (Å²) in [6.45, 7) is 11.3. The molecular weight excluding hydrogens is 226 g/mol. The van der Waals surface area contributed by atoms with Gasteiger partial charge in [0.05, 0.1) is 5.41 Å². The highest BCUT2D eigenvalue weighted by Crippen LogP contribution is 2.67. The van der Waals surface area contributed by atoms with Crippen molar-refractivity contribution in [3.05, 3.63) is 38.0 Å². The highest BCUT2D eigenvalue weighted by molar-refractivity contribution is 5.82. The summed E-state index contributed by atoms with van der Waals surface area (Å²) >= 11 is 0. The minimum atomic E-state index is -0.472. The summed E-state index contributed by atoms with van der Waals surface area (Å²) in [5, 5.41) is 7.83. The summed E-state index contributed by atoms with van der Waals surface area (Å²) in [5.41, 5.74) is -0.791. The molecule has 0 aliphatic heterocycles. The number of ether oxygens (including phenoxy) is 1. The van der Waals surface area contributed by atoms with E-state index in [9.17, 15) is 4.79 Å². The first kappa shape index (κ1) is 12.8. The molecule has 2 fully saturated rings. The van der Waals surface area contributed by atoms with Gasteiger partial charge in [-0.25, -0.2) is 4.79 Å². The number of carbonyl (C=O) groups is 1. The maximum Gasteiger partial charge on any atom is 0.330 e. The maximum absolute atomic E-state index is 11.4. The second kappa shape index (κ2) is 4.23. The molecule has 3 unspecified atom stereocenters. The predicted octanol–water partition coefficient (Wildman–Crippen LogP) is 2.89. The molecule has 2 saturated carbocycles. The molecule has 0 heterocycles. The van der Waals surface area contributed by atoms with Gasteiger partial charge >= 0.3 is 5.97 Å². The van der Waals surface area contributed by atoms with Crippen LogP contribution < -0.4 is 0 Å². The Labute approximate surface area is 108 Å². The summed E-state index contributed by atoms with van der Waals surface area (Å²) in [6, 6.07) is 0. The molecule has 0 amide bonds. The zero-order valence-electron chi connectivity index (χ0n) is 10.5. The quantitative estimate of drug-likeness (QED) is 0.350. The fourth-order valence-corrected chi connectivity index (χ4v) is 3.90. The van der Waals surface area contributed by atoms with Crippen molar-refractivity contribution in [3.8, 4) is 0 Å². The number of fused-ring (bicyclic) bond motifs is 2. The Morgan fingerprint density at radius 3 is 2.50 bits per heavy atom. The summed E-state index contributed by atoms with van der Waals surface area (Å²) < 4.78 is 5.44. The highest BCUT2D eigenvalue weighted by atomic mass is 16.5. The van der Waals surface area contributed by atoms with Crippen LogP contribution >= 0.6 is 0 Å². The van der Waals surface area contributed by atoms with Crippen LogP contribution in [0, 0.1) is 22.2 Å². The van der Waals surface area contributed by atoms with Crippen LogP contribution in [0.3, 0.4) is 0 Å². The van der Waals surface area contributed by atoms with Gasteiger partial charge in [0.25, 0.3) is 0 Å². The maximum atomic E-state index is 11.4. The lowest BCUT2D eigenvalue weighted by Crippen LogP contribution is -2.43. The third kappa shape index (κ3) is 1.30. The second-order valence-corrected chi connectivity index (χ2v) is 5.13. The van der Waals surface area contributed by atoms with E-state index in [1.807, 2.05) is 12.2 Å². The molecule has 0 saturated heterocycles. The van der Waals surface area contributed by atoms with Gasteiger partial charge in [0.15, 0.2) is 0 Å². The van der Waals surface area contributed by atoms with Crippen LogP contribution in [0.25, 0.3) is 0 Å². The molecule has 2 aliphatic rings. The molecule has 3 nitrogen and oxygen atoms in total. The Kier molecular flexibility index (Phi) is 3.01. The molecule has 2 rings (SSSR count). The van der Waals surface area contributed by atoms with Gasteiger partial charge in [-0.1, -0.05) is 18.7 Å². The number of carbonyl (C=O) groups excluding carboxylic acids is 1. The van der Waals surface area contributed by atoms with E-state index in [4.69, 9.17) is 10.1 Å². The highest BCUT2D eigenvalue weighted by Gasteiger charge is 2.66. The van der Waals surface area contributed by atoms with Crippen LogP contribution in [0.15, 0.2) is 38.0 Å². The number of hydrogen-bond donors (Lipinski definition) is 1. The van der Waals surface area contributed by atoms with E-state index < -0.39 is 11.4 Å². The Morgan fingerprint density at radius 1 is 1.33 bits per heavy atom. The standard InChI is InChI=1S/C15H19NO2/c1-4-13(17)18-12-9-11-7-8-15(12,10-16)14(11,5-2)6-3/h4-6,10-12,16H,1-3,7-9H2. The van der Waals surface area contributed by atoms with Crippen molar-refractivity contribution in [1.29, 1.82) is 5.41 Å². The van der Waals surface area contributed by atoms with E-state index in [0.717, 1.165) is 19.3 Å². The van der Waals surface area contributed by atoms with Gasteiger partial charge < -0.3 is 10.1 Å². The SMILES string of the molecule is C=CC(=O)OC1CC2CCC1(C=N)C2(C=C)C=C. The first-order valence-corrected chi connectivity index (χ1v) is 6.22. The normalized spacial score (nSPS) is 35.8. The van der Waals surface area contributed by atoms with E-state index in [1.165, 1.54) is 12.3 Å². The molecule has 0 aromatic rings.